The summed E-state index contributed by atoms with van der Waals surface area (Å²) in [5.74, 6) is -4.77. The highest BCUT2D eigenvalue weighted by atomic mass is 31.2. The predicted molar refractivity (Wildman–Crippen MR) is 512 cm³/mol. The van der Waals surface area contributed by atoms with Gasteiger partial charge >= 0.3 is 39.3 Å². The van der Waals surface area contributed by atoms with Crippen molar-refractivity contribution in [1.82, 2.24) is 10.6 Å². The number of carbonyl (C=O) groups is 6. The highest BCUT2D eigenvalue weighted by Crippen LogP contribution is 2.44. The van der Waals surface area contributed by atoms with Gasteiger partial charge in [0.15, 0.2) is 24.8 Å². The van der Waals surface area contributed by atoms with Gasteiger partial charge in [0.1, 0.15) is 48.7 Å². The lowest BCUT2D eigenvalue weighted by Crippen LogP contribution is -2.68. The fourth-order valence-electron chi connectivity index (χ4n) is 17.7. The first-order valence-corrected chi connectivity index (χ1v) is 56.5. The number of hydrogen-bond donors (Lipinski definition) is 9. The van der Waals surface area contributed by atoms with Gasteiger partial charge in [0, 0.05) is 19.5 Å². The minimum absolute atomic E-state index is 0.0959. The van der Waals surface area contributed by atoms with E-state index in [4.69, 9.17) is 42.2 Å². The van der Waals surface area contributed by atoms with Crippen molar-refractivity contribution in [3.63, 3.8) is 0 Å². The van der Waals surface area contributed by atoms with Crippen LogP contribution in [0.2, 0.25) is 0 Å². The quantitative estimate of drug-likeness (QED) is 0.0118. The number of aliphatic hydroxyl groups is 4. The van der Waals surface area contributed by atoms with Crippen molar-refractivity contribution in [3.8, 4) is 0 Å². The lowest BCUT2D eigenvalue weighted by Gasteiger charge is -2.47. The van der Waals surface area contributed by atoms with Gasteiger partial charge in [-0.15, -0.1) is 0 Å². The summed E-state index contributed by atoms with van der Waals surface area (Å²) in [5, 5.41) is 52.3. The van der Waals surface area contributed by atoms with Gasteiger partial charge in [-0.25, -0.2) is 4.57 Å². The SMILES string of the molecule is CCCCCCCCCCCCCCCC(=O)O[C@H](CCCCCCCCCCC)CC(=O)NC1C(OP(C)(=O)O)OC(COC2OC(CO)C(OP(=O)(O)O)C(OC(=O)C[C@@H](CCCCCCCCCCC)OC(=O)CCCCCCCCCCCCCCC)C2NC(=O)C[C@H](O)CCCCCCCCCCC)C(O)C1OC(=O)C[C@H](O)CCCCCCCCCCC. The molecule has 0 bridgehead atoms. The van der Waals surface area contributed by atoms with E-state index in [1.807, 2.05) is 0 Å². The number of phosphoric acid groups is 1. The zero-order valence-electron chi connectivity index (χ0n) is 82.4. The molecular formula is C101H192N2O24P2. The third-order valence-corrected chi connectivity index (χ3v) is 26.5. The smallest absolute Gasteiger partial charge is 0.462 e. The Morgan fingerprint density at radius 1 is 0.333 bits per heavy atom. The first-order chi connectivity index (χ1) is 62.3. The molecule has 2 heterocycles. The summed E-state index contributed by atoms with van der Waals surface area (Å²) >= 11 is 0. The van der Waals surface area contributed by atoms with Crippen LogP contribution in [0.4, 0.5) is 0 Å². The molecular weight excluding hydrogens is 1690 g/mol. The lowest BCUT2D eigenvalue weighted by atomic mass is 9.95. The molecule has 9 N–H and O–H groups in total. The minimum atomic E-state index is -5.64. The van der Waals surface area contributed by atoms with Gasteiger partial charge in [0.05, 0.1) is 51.1 Å². The summed E-state index contributed by atoms with van der Waals surface area (Å²) in [6.45, 7) is 12.0. The van der Waals surface area contributed by atoms with Gasteiger partial charge in [-0.2, -0.15) is 0 Å². The van der Waals surface area contributed by atoms with Crippen LogP contribution in [0.3, 0.4) is 0 Å². The third-order valence-electron chi connectivity index (χ3n) is 25.4. The molecule has 2 fully saturated rings. The van der Waals surface area contributed by atoms with E-state index in [9.17, 15) is 73.0 Å². The molecule has 28 heteroatoms. The normalized spacial score (nSPS) is 20.4. The van der Waals surface area contributed by atoms with Gasteiger partial charge in [-0.3, -0.25) is 42.4 Å². The molecule has 0 aromatic heterocycles. The molecule has 2 rings (SSSR count). The summed E-state index contributed by atoms with van der Waals surface area (Å²) in [7, 11) is -10.4. The Morgan fingerprint density at radius 2 is 0.620 bits per heavy atom. The number of unbranched alkanes of at least 4 members (excludes halogenated alkanes) is 56. The average molecular weight is 1880 g/mol. The second-order valence-electron chi connectivity index (χ2n) is 38.0. The number of hydrogen-bond acceptors (Lipinski definition) is 21. The molecule has 760 valence electrons. The summed E-state index contributed by atoms with van der Waals surface area (Å²) in [4.78, 5) is 119. The molecule has 2 aliphatic heterocycles. The number of ether oxygens (including phenoxy) is 7. The molecule has 2 saturated heterocycles. The number of phosphoric ester groups is 1. The van der Waals surface area contributed by atoms with Gasteiger partial charge in [0.25, 0.3) is 0 Å². The summed E-state index contributed by atoms with van der Waals surface area (Å²) in [6, 6.07) is -3.66. The molecule has 0 aromatic carbocycles. The number of carbonyl (C=O) groups excluding carboxylic acids is 6. The predicted octanol–water partition coefficient (Wildman–Crippen LogP) is 23.7. The van der Waals surface area contributed by atoms with E-state index >= 15 is 0 Å². The Labute approximate surface area is 782 Å². The summed E-state index contributed by atoms with van der Waals surface area (Å²) in [5.41, 5.74) is 0. The molecule has 0 aromatic rings. The van der Waals surface area contributed by atoms with E-state index in [2.05, 4.69) is 52.2 Å². The van der Waals surface area contributed by atoms with Crippen molar-refractivity contribution in [2.45, 2.75) is 590 Å². The van der Waals surface area contributed by atoms with Crippen LogP contribution in [0.15, 0.2) is 0 Å². The number of amides is 2. The summed E-state index contributed by atoms with van der Waals surface area (Å²) in [6.07, 6.45) is 44.1. The molecule has 2 aliphatic rings. The molecule has 129 heavy (non-hydrogen) atoms. The van der Waals surface area contributed by atoms with Crippen LogP contribution in [0, 0.1) is 0 Å². The minimum Gasteiger partial charge on any atom is -0.462 e. The van der Waals surface area contributed by atoms with Crippen molar-refractivity contribution in [3.05, 3.63) is 0 Å². The van der Waals surface area contributed by atoms with Crippen molar-refractivity contribution in [2.75, 3.05) is 19.9 Å². The first-order valence-electron chi connectivity index (χ1n) is 53.0. The second kappa shape index (κ2) is 80.9. The zero-order valence-corrected chi connectivity index (χ0v) is 84.2. The fraction of sp³-hybridized carbons (Fsp3) is 0.941. The number of rotatable bonds is 90. The molecule has 2 amide bonds. The standard InChI is InChI=1S/C101H192N2O24P2/c1-8-14-20-26-32-38-40-42-44-50-56-62-68-74-90(109)120-84(72-66-60-54-48-36-30-24-18-12-5)78-89(108)103-94-98(124-92(111)77-83(106)71-65-59-53-47-35-29-23-17-11-4)96(113)87(123-101(94)127-128(7,114)115)81-119-100-95(102-88(107)76-82(105)70-64-58-52-46-34-28-22-16-10-3)99(97(86(80-104)122-100)126-129(116,117)118)125-93(112)79-85(73-67-61-55-49-37-31-25-19-13-6)121-91(110)75-69-63-57-51-45-43-41-39-33-27-21-15-9-2/h82-87,94-101,104-106,113H,8-81H2,1-7H3,(H,102,107)(H,103,108)(H,114,115)(H2,116,117,118)/t82-,83-,84-,85-,86?,87?,94?,95?,96?,97?,98?,99?,100?,101?/m1/s1. The van der Waals surface area contributed by atoms with Crippen LogP contribution in [0.1, 0.15) is 504 Å². The van der Waals surface area contributed by atoms with Gasteiger partial charge in [0.2, 0.25) is 11.8 Å². The van der Waals surface area contributed by atoms with Crippen molar-refractivity contribution in [1.29, 1.82) is 0 Å². The van der Waals surface area contributed by atoms with Crippen LogP contribution >= 0.6 is 15.4 Å². The Bertz CT molecular complexity index is 2820. The average Bonchev–Trinajstić information content (AvgIpc) is 0.770. The van der Waals surface area contributed by atoms with Crippen molar-refractivity contribution < 1.29 is 115 Å². The van der Waals surface area contributed by atoms with Crippen LogP contribution in [0.25, 0.3) is 0 Å². The molecule has 15 atom stereocenters. The zero-order chi connectivity index (χ0) is 94.7. The topological polar surface area (TPSA) is 385 Å². The van der Waals surface area contributed by atoms with Crippen LogP contribution in [0.5, 0.6) is 0 Å². The maximum Gasteiger partial charge on any atom is 0.470 e. The number of nitrogens with one attached hydrogen (secondary N) is 2. The Kier molecular flexibility index (Phi) is 76.4. The van der Waals surface area contributed by atoms with E-state index in [1.54, 1.807) is 0 Å². The Hall–Kier alpha value is -3.20. The van der Waals surface area contributed by atoms with Crippen molar-refractivity contribution >= 4 is 51.1 Å². The van der Waals surface area contributed by atoms with E-state index in [1.165, 1.54) is 141 Å². The van der Waals surface area contributed by atoms with Crippen LogP contribution < -0.4 is 10.6 Å². The molecule has 0 spiro atoms. The first kappa shape index (κ1) is 122. The number of aliphatic hydroxyl groups excluding tert-OH is 4. The van der Waals surface area contributed by atoms with E-state index in [0.29, 0.717) is 44.9 Å². The lowest BCUT2D eigenvalue weighted by molar-refractivity contribution is -0.296. The molecule has 0 aliphatic carbocycles. The van der Waals surface area contributed by atoms with Crippen LogP contribution in [-0.4, -0.2) is 176 Å². The van der Waals surface area contributed by atoms with Crippen molar-refractivity contribution in [2.24, 2.45) is 0 Å². The second-order valence-corrected chi connectivity index (χ2v) is 41.0. The van der Waals surface area contributed by atoms with E-state index in [-0.39, 0.29) is 32.1 Å². The molecule has 0 radical (unpaired) electrons. The van der Waals surface area contributed by atoms with E-state index in [0.717, 1.165) is 225 Å². The maximum absolute atomic E-state index is 14.9. The fourth-order valence-corrected chi connectivity index (χ4v) is 18.8. The maximum atomic E-state index is 14.9. The van der Waals surface area contributed by atoms with Crippen LogP contribution in [-0.2, 0) is 80.1 Å². The van der Waals surface area contributed by atoms with Gasteiger partial charge in [-0.05, 0) is 51.4 Å². The monoisotopic (exact) mass is 1880 g/mol. The Balaban J connectivity index is 2.75. The molecule has 26 nitrogen and oxygen atoms in total. The Morgan fingerprint density at radius 3 is 0.961 bits per heavy atom. The number of esters is 4. The molecule has 11 unspecified atom stereocenters. The van der Waals surface area contributed by atoms with Gasteiger partial charge in [-0.1, -0.05) is 414 Å². The largest absolute Gasteiger partial charge is 0.470 e. The molecule has 0 saturated carbocycles. The van der Waals surface area contributed by atoms with E-state index < -0.39 is 176 Å². The third kappa shape index (κ3) is 66.8. The highest BCUT2D eigenvalue weighted by Gasteiger charge is 2.55. The summed E-state index contributed by atoms with van der Waals surface area (Å²) < 4.78 is 81.6. The highest BCUT2D eigenvalue weighted by molar-refractivity contribution is 7.51. The van der Waals surface area contributed by atoms with Gasteiger partial charge < -0.3 is 78.9 Å².